The largest absolute Gasteiger partial charge is 0.478 e. The molecule has 2 amide bonds. The van der Waals surface area contributed by atoms with E-state index in [1.54, 1.807) is 0 Å². The summed E-state index contributed by atoms with van der Waals surface area (Å²) in [6, 6.07) is 4.80. The number of nitrogens with one attached hydrogen (secondary N) is 1. The molecule has 14 nitrogen and oxygen atoms in total. The molecule has 1 fully saturated rings. The van der Waals surface area contributed by atoms with Crippen LogP contribution in [0.1, 0.15) is 28.5 Å². The van der Waals surface area contributed by atoms with Gasteiger partial charge in [0.25, 0.3) is 11.8 Å². The van der Waals surface area contributed by atoms with Gasteiger partial charge in [0.2, 0.25) is 0 Å². The van der Waals surface area contributed by atoms with Crippen LogP contribution in [0.2, 0.25) is 0 Å². The summed E-state index contributed by atoms with van der Waals surface area (Å²) in [5.74, 6) is -4.31. The van der Waals surface area contributed by atoms with E-state index in [2.05, 4.69) is 15.5 Å². The van der Waals surface area contributed by atoms with E-state index in [0.717, 1.165) is 16.2 Å². The number of esters is 1. The van der Waals surface area contributed by atoms with Gasteiger partial charge in [-0.15, -0.1) is 23.1 Å². The number of ether oxygens (including phenoxy) is 1. The molecule has 3 heterocycles. The molecule has 0 spiro atoms. The number of aliphatic carboxylic acids is 1. The third-order valence-electron chi connectivity index (χ3n) is 5.55. The lowest BCUT2D eigenvalue weighted by Crippen LogP contribution is -2.71. The third kappa shape index (κ3) is 6.01. The van der Waals surface area contributed by atoms with E-state index in [4.69, 9.17) is 20.4 Å². The number of carbonyl (C=O) groups excluding carboxylic acids is 3. The van der Waals surface area contributed by atoms with Crippen LogP contribution in [0.3, 0.4) is 0 Å². The number of nitrogen functional groups attached to an aromatic ring is 1. The first-order chi connectivity index (χ1) is 18.6. The van der Waals surface area contributed by atoms with Crippen molar-refractivity contribution in [1.29, 1.82) is 0 Å². The van der Waals surface area contributed by atoms with Gasteiger partial charge in [-0.3, -0.25) is 19.3 Å². The highest BCUT2D eigenvalue weighted by atomic mass is 32.2. The van der Waals surface area contributed by atoms with Crippen LogP contribution in [-0.4, -0.2) is 79.3 Å². The van der Waals surface area contributed by atoms with Crippen molar-refractivity contribution >= 4 is 63.7 Å². The lowest BCUT2D eigenvalue weighted by Gasteiger charge is -2.49. The lowest BCUT2D eigenvalue weighted by molar-refractivity contribution is -0.150. The number of carboxylic acid groups (broad SMARTS) is 2. The Morgan fingerprint density at radius 2 is 1.90 bits per heavy atom. The van der Waals surface area contributed by atoms with Gasteiger partial charge >= 0.3 is 17.9 Å². The maximum absolute atomic E-state index is 13.2. The molecule has 2 aromatic rings. The lowest BCUT2D eigenvalue weighted by atomic mass is 10.0. The number of oxime groups is 1. The van der Waals surface area contributed by atoms with Gasteiger partial charge in [0.15, 0.2) is 10.8 Å². The average molecular weight is 576 g/mol. The highest BCUT2D eigenvalue weighted by Gasteiger charge is 2.54. The van der Waals surface area contributed by atoms with Crippen molar-refractivity contribution in [3.8, 4) is 0 Å². The molecule has 4 rings (SSSR count). The molecule has 0 unspecified atom stereocenters. The summed E-state index contributed by atoms with van der Waals surface area (Å²) < 4.78 is 4.91. The fourth-order valence-electron chi connectivity index (χ4n) is 3.71. The first kappa shape index (κ1) is 27.6. The van der Waals surface area contributed by atoms with E-state index in [9.17, 15) is 29.1 Å². The van der Waals surface area contributed by atoms with Gasteiger partial charge in [0, 0.05) is 23.6 Å². The smallest absolute Gasteiger partial charge is 0.352 e. The number of carbonyl (C=O) groups is 5. The van der Waals surface area contributed by atoms with Gasteiger partial charge in [-0.25, -0.2) is 14.6 Å². The molecule has 1 aromatic heterocycles. The third-order valence-corrected chi connectivity index (χ3v) is 7.57. The van der Waals surface area contributed by atoms with Gasteiger partial charge in [0.05, 0.1) is 5.56 Å². The van der Waals surface area contributed by atoms with Crippen molar-refractivity contribution < 1.29 is 43.8 Å². The van der Waals surface area contributed by atoms with Crippen LogP contribution in [0.25, 0.3) is 0 Å². The molecule has 0 bridgehead atoms. The van der Waals surface area contributed by atoms with Crippen molar-refractivity contribution in [2.45, 2.75) is 24.9 Å². The number of rotatable bonds is 10. The van der Waals surface area contributed by atoms with E-state index >= 15 is 0 Å². The van der Waals surface area contributed by atoms with Crippen LogP contribution in [0.5, 0.6) is 0 Å². The van der Waals surface area contributed by atoms with Gasteiger partial charge in [-0.05, 0) is 17.7 Å². The molecule has 2 aliphatic heterocycles. The summed E-state index contributed by atoms with van der Waals surface area (Å²) in [5, 5.41) is 26.1. The summed E-state index contributed by atoms with van der Waals surface area (Å²) in [6.45, 7) is 0.826. The molecule has 0 aliphatic carbocycles. The van der Waals surface area contributed by atoms with Gasteiger partial charge < -0.3 is 30.8 Å². The van der Waals surface area contributed by atoms with E-state index in [1.807, 2.05) is 0 Å². The number of hydrogen-bond acceptors (Lipinski definition) is 12. The van der Waals surface area contributed by atoms with Crippen molar-refractivity contribution in [2.75, 3.05) is 18.1 Å². The molecular weight excluding hydrogens is 554 g/mol. The Kier molecular flexibility index (Phi) is 8.15. The summed E-state index contributed by atoms with van der Waals surface area (Å²) in [6.07, 6.45) is 0. The fraction of sp³-hybridized carbons (Fsp3) is 0.261. The van der Waals surface area contributed by atoms with E-state index in [1.165, 1.54) is 48.3 Å². The van der Waals surface area contributed by atoms with E-state index in [0.29, 0.717) is 5.56 Å². The number of thioether (sulfide) groups is 1. The van der Waals surface area contributed by atoms with Crippen LogP contribution in [0.15, 0.2) is 46.1 Å². The number of hydrogen-bond donors (Lipinski definition) is 4. The SMILES string of the molecule is CC(=O)OCC1=C(C(=O)O)N2C(=O)[C@@H](NC(=O)C(=NOCc3ccc(C(=O)O)cc3)c3csc(N)n3)[C@H]2SC1. The summed E-state index contributed by atoms with van der Waals surface area (Å²) in [7, 11) is 0. The number of fused-ring (bicyclic) bond motifs is 1. The maximum atomic E-state index is 13.2. The average Bonchev–Trinajstić information content (AvgIpc) is 3.33. The van der Waals surface area contributed by atoms with Gasteiger partial charge in [0.1, 0.15) is 36.0 Å². The van der Waals surface area contributed by atoms with Crippen molar-refractivity contribution in [3.05, 3.63) is 57.7 Å². The summed E-state index contributed by atoms with van der Waals surface area (Å²) >= 11 is 2.27. The first-order valence-corrected chi connectivity index (χ1v) is 13.1. The first-order valence-electron chi connectivity index (χ1n) is 11.1. The van der Waals surface area contributed by atoms with Crippen LogP contribution < -0.4 is 11.1 Å². The second-order valence-corrected chi connectivity index (χ2v) is 10.2. The fourth-order valence-corrected chi connectivity index (χ4v) is 5.58. The molecule has 204 valence electrons. The molecule has 2 atom stereocenters. The molecule has 39 heavy (non-hydrogen) atoms. The summed E-state index contributed by atoms with van der Waals surface area (Å²) in [4.78, 5) is 70.5. The minimum Gasteiger partial charge on any atom is -0.478 e. The zero-order valence-corrected chi connectivity index (χ0v) is 21.8. The molecule has 1 aromatic carbocycles. The highest BCUT2D eigenvalue weighted by Crippen LogP contribution is 2.40. The highest BCUT2D eigenvalue weighted by molar-refractivity contribution is 8.00. The second kappa shape index (κ2) is 11.5. The second-order valence-electron chi connectivity index (χ2n) is 8.18. The molecular formula is C23H21N5O9S2. The Morgan fingerprint density at radius 1 is 1.18 bits per heavy atom. The Bertz CT molecular complexity index is 1400. The number of β-lactam (4-membered cyclic amide) rings is 1. The monoisotopic (exact) mass is 575 g/mol. The van der Waals surface area contributed by atoms with Crippen molar-refractivity contribution in [2.24, 2.45) is 5.16 Å². The molecule has 2 aliphatic rings. The number of anilines is 1. The minimum absolute atomic E-state index is 0.0945. The van der Waals surface area contributed by atoms with Crippen LogP contribution in [-0.2, 0) is 35.4 Å². The predicted molar refractivity (Wildman–Crippen MR) is 138 cm³/mol. The minimum atomic E-state index is -1.36. The van der Waals surface area contributed by atoms with Crippen LogP contribution >= 0.6 is 23.1 Å². The van der Waals surface area contributed by atoms with Gasteiger partial charge in [-0.1, -0.05) is 17.3 Å². The molecule has 0 radical (unpaired) electrons. The predicted octanol–water partition coefficient (Wildman–Crippen LogP) is 0.646. The van der Waals surface area contributed by atoms with E-state index in [-0.39, 0.29) is 52.3 Å². The number of nitrogens with two attached hydrogens (primary N) is 1. The standard InChI is InChI=1S/C23H21N5O9S2/c1-10(29)36-7-13-8-38-20-16(19(31)28(20)17(13)22(34)35)26-18(30)15(14-9-39-23(24)25-14)27-37-6-11-2-4-12(5-3-11)21(32)33/h2-5,9,16,20H,6-8H2,1H3,(H2,24,25)(H,26,30)(H,32,33)(H,34,35)/t16-,20-/m1/s1. The van der Waals surface area contributed by atoms with Crippen molar-refractivity contribution in [1.82, 2.24) is 15.2 Å². The maximum Gasteiger partial charge on any atom is 0.352 e. The number of thiazole rings is 1. The van der Waals surface area contributed by atoms with E-state index < -0.39 is 41.1 Å². The molecule has 5 N–H and O–H groups in total. The quantitative estimate of drug-likeness (QED) is 0.133. The number of aromatic nitrogens is 1. The molecule has 1 saturated heterocycles. The number of amides is 2. The van der Waals surface area contributed by atoms with Crippen LogP contribution in [0.4, 0.5) is 5.13 Å². The Balaban J connectivity index is 1.48. The van der Waals surface area contributed by atoms with Gasteiger partial charge in [-0.2, -0.15) is 0 Å². The normalized spacial score (nSPS) is 18.6. The topological polar surface area (TPSA) is 211 Å². The number of benzene rings is 1. The Hall–Kier alpha value is -4.44. The van der Waals surface area contributed by atoms with Crippen molar-refractivity contribution in [3.63, 3.8) is 0 Å². The zero-order chi connectivity index (χ0) is 28.3. The van der Waals surface area contributed by atoms with Crippen LogP contribution in [0, 0.1) is 0 Å². The Labute approximate surface area is 228 Å². The molecule has 0 saturated carbocycles. The number of nitrogens with zero attached hydrogens (tertiary/aromatic N) is 3. The Morgan fingerprint density at radius 3 is 2.49 bits per heavy atom. The zero-order valence-electron chi connectivity index (χ0n) is 20.2. The molecule has 16 heteroatoms. The number of aromatic carboxylic acids is 1. The summed E-state index contributed by atoms with van der Waals surface area (Å²) in [5.41, 5.74) is 6.20. The number of carboxylic acids is 2.